The first-order chi connectivity index (χ1) is 9.12. The maximum Gasteiger partial charge on any atom is 0.240 e. The van der Waals surface area contributed by atoms with Gasteiger partial charge < -0.3 is 4.98 Å². The number of aromatic amines is 1. The molecule has 0 radical (unpaired) electrons. The number of imidazole rings is 1. The molecule has 1 aromatic carbocycles. The number of nitrogens with zero attached hydrogens (tertiary/aromatic N) is 1. The van der Waals surface area contributed by atoms with Crippen molar-refractivity contribution in [1.82, 2.24) is 14.7 Å². The summed E-state index contributed by atoms with van der Waals surface area (Å²) >= 11 is 0. The first kappa shape index (κ1) is 13.8. The minimum Gasteiger partial charge on any atom is -0.347 e. The van der Waals surface area contributed by atoms with Gasteiger partial charge in [0.25, 0.3) is 0 Å². The lowest BCUT2D eigenvalue weighted by atomic mass is 10.1. The van der Waals surface area contributed by atoms with Crippen molar-refractivity contribution in [2.24, 2.45) is 0 Å². The molecule has 19 heavy (non-hydrogen) atoms. The summed E-state index contributed by atoms with van der Waals surface area (Å²) in [5, 5.41) is 0. The second-order valence-corrected chi connectivity index (χ2v) is 6.06. The monoisotopic (exact) mass is 279 g/mol. The Morgan fingerprint density at radius 2 is 2.00 bits per heavy atom. The Kier molecular flexibility index (Phi) is 4.34. The summed E-state index contributed by atoms with van der Waals surface area (Å²) in [6.07, 6.45) is 5.11. The molecule has 0 aliphatic carbocycles. The van der Waals surface area contributed by atoms with Crippen molar-refractivity contribution in [3.63, 3.8) is 0 Å². The van der Waals surface area contributed by atoms with E-state index in [2.05, 4.69) is 21.6 Å². The SMILES string of the molecule is CCCc1ccc(S(=O)(=O)NCc2cnc[nH]2)cc1. The topological polar surface area (TPSA) is 74.8 Å². The van der Waals surface area contributed by atoms with Gasteiger partial charge in [0.1, 0.15) is 0 Å². The molecule has 2 rings (SSSR count). The Bertz CT molecular complexity index is 604. The smallest absolute Gasteiger partial charge is 0.240 e. The fraction of sp³-hybridized carbons (Fsp3) is 0.308. The third-order valence-corrected chi connectivity index (χ3v) is 4.20. The van der Waals surface area contributed by atoms with Crippen molar-refractivity contribution >= 4 is 10.0 Å². The van der Waals surface area contributed by atoms with Crippen LogP contribution in [0.2, 0.25) is 0 Å². The minimum atomic E-state index is -3.47. The molecule has 0 atom stereocenters. The Labute approximate surface area is 113 Å². The molecule has 0 spiro atoms. The zero-order valence-electron chi connectivity index (χ0n) is 10.8. The number of rotatable bonds is 6. The highest BCUT2D eigenvalue weighted by Gasteiger charge is 2.13. The molecule has 0 bridgehead atoms. The predicted molar refractivity (Wildman–Crippen MR) is 73.1 cm³/mol. The van der Waals surface area contributed by atoms with Crippen LogP contribution >= 0.6 is 0 Å². The largest absolute Gasteiger partial charge is 0.347 e. The lowest BCUT2D eigenvalue weighted by Gasteiger charge is -2.06. The molecule has 0 amide bonds. The Hall–Kier alpha value is -1.66. The van der Waals surface area contributed by atoms with Gasteiger partial charge >= 0.3 is 0 Å². The number of hydrogen-bond acceptors (Lipinski definition) is 3. The third kappa shape index (κ3) is 3.65. The fourth-order valence-electron chi connectivity index (χ4n) is 1.76. The summed E-state index contributed by atoms with van der Waals surface area (Å²) in [6, 6.07) is 6.99. The number of benzene rings is 1. The van der Waals surface area contributed by atoms with Gasteiger partial charge in [-0.3, -0.25) is 0 Å². The first-order valence-electron chi connectivity index (χ1n) is 6.17. The normalized spacial score (nSPS) is 11.6. The van der Waals surface area contributed by atoms with Gasteiger partial charge in [-0.15, -0.1) is 0 Å². The van der Waals surface area contributed by atoms with Crippen LogP contribution in [0.25, 0.3) is 0 Å². The molecule has 102 valence electrons. The molecule has 2 aromatic rings. The fourth-order valence-corrected chi connectivity index (χ4v) is 2.77. The molecule has 6 heteroatoms. The van der Waals surface area contributed by atoms with E-state index in [0.717, 1.165) is 24.1 Å². The van der Waals surface area contributed by atoms with Crippen LogP contribution in [-0.4, -0.2) is 18.4 Å². The van der Waals surface area contributed by atoms with Crippen molar-refractivity contribution in [1.29, 1.82) is 0 Å². The van der Waals surface area contributed by atoms with E-state index in [4.69, 9.17) is 0 Å². The number of aryl methyl sites for hydroxylation is 1. The maximum atomic E-state index is 12.1. The van der Waals surface area contributed by atoms with Crippen molar-refractivity contribution in [2.45, 2.75) is 31.2 Å². The number of hydrogen-bond donors (Lipinski definition) is 2. The lowest BCUT2D eigenvalue weighted by molar-refractivity contribution is 0.580. The summed E-state index contributed by atoms with van der Waals surface area (Å²) in [5.41, 5.74) is 1.88. The van der Waals surface area contributed by atoms with E-state index < -0.39 is 10.0 Å². The van der Waals surface area contributed by atoms with Crippen LogP contribution in [0.5, 0.6) is 0 Å². The summed E-state index contributed by atoms with van der Waals surface area (Å²) in [6.45, 7) is 2.30. The molecule has 2 N–H and O–H groups in total. The second kappa shape index (κ2) is 5.99. The van der Waals surface area contributed by atoms with Gasteiger partial charge in [-0.1, -0.05) is 25.5 Å². The molecule has 5 nitrogen and oxygen atoms in total. The van der Waals surface area contributed by atoms with E-state index >= 15 is 0 Å². The highest BCUT2D eigenvalue weighted by Crippen LogP contribution is 2.12. The van der Waals surface area contributed by atoms with E-state index in [1.54, 1.807) is 18.3 Å². The van der Waals surface area contributed by atoms with Gasteiger partial charge in [0.2, 0.25) is 10.0 Å². The summed E-state index contributed by atoms with van der Waals surface area (Å²) < 4.78 is 26.6. The van der Waals surface area contributed by atoms with Crippen LogP contribution < -0.4 is 4.72 Å². The Morgan fingerprint density at radius 3 is 2.58 bits per heavy atom. The number of nitrogens with one attached hydrogen (secondary N) is 2. The molecule has 0 unspecified atom stereocenters. The molecule has 0 fully saturated rings. The molecule has 1 heterocycles. The van der Waals surface area contributed by atoms with Crippen molar-refractivity contribution in [2.75, 3.05) is 0 Å². The van der Waals surface area contributed by atoms with E-state index in [9.17, 15) is 8.42 Å². The molecule has 0 aliphatic heterocycles. The standard InChI is InChI=1S/C13H17N3O2S/c1-2-3-11-4-6-13(7-5-11)19(17,18)16-9-12-8-14-10-15-12/h4-8,10,16H,2-3,9H2,1H3,(H,14,15). The number of sulfonamides is 1. The number of aromatic nitrogens is 2. The van der Waals surface area contributed by atoms with E-state index in [-0.39, 0.29) is 11.4 Å². The summed E-state index contributed by atoms with van der Waals surface area (Å²) in [7, 11) is -3.47. The Balaban J connectivity index is 2.06. The third-order valence-electron chi connectivity index (χ3n) is 2.78. The van der Waals surface area contributed by atoms with Crippen LogP contribution in [0.15, 0.2) is 41.7 Å². The van der Waals surface area contributed by atoms with Crippen LogP contribution in [0, 0.1) is 0 Å². The van der Waals surface area contributed by atoms with Crippen LogP contribution in [-0.2, 0) is 23.0 Å². The first-order valence-corrected chi connectivity index (χ1v) is 7.66. The summed E-state index contributed by atoms with van der Waals surface area (Å²) in [5.74, 6) is 0. The lowest BCUT2D eigenvalue weighted by Crippen LogP contribution is -2.23. The quantitative estimate of drug-likeness (QED) is 0.847. The molecule has 0 saturated carbocycles. The zero-order chi connectivity index (χ0) is 13.7. The second-order valence-electron chi connectivity index (χ2n) is 4.30. The summed E-state index contributed by atoms with van der Waals surface area (Å²) in [4.78, 5) is 6.97. The van der Waals surface area contributed by atoms with E-state index in [1.165, 1.54) is 6.33 Å². The molecule has 1 aromatic heterocycles. The van der Waals surface area contributed by atoms with Gasteiger partial charge in [-0.2, -0.15) is 0 Å². The van der Waals surface area contributed by atoms with Crippen molar-refractivity contribution in [3.8, 4) is 0 Å². The highest BCUT2D eigenvalue weighted by molar-refractivity contribution is 7.89. The van der Waals surface area contributed by atoms with Crippen LogP contribution in [0.1, 0.15) is 24.6 Å². The molecule has 0 saturated heterocycles. The number of H-pyrrole nitrogens is 1. The minimum absolute atomic E-state index is 0.207. The molecular weight excluding hydrogens is 262 g/mol. The Morgan fingerprint density at radius 1 is 1.26 bits per heavy atom. The average Bonchev–Trinajstić information content (AvgIpc) is 2.91. The van der Waals surface area contributed by atoms with E-state index in [1.807, 2.05) is 12.1 Å². The van der Waals surface area contributed by atoms with Crippen molar-refractivity contribution in [3.05, 3.63) is 48.0 Å². The van der Waals surface area contributed by atoms with Gasteiger partial charge in [-0.05, 0) is 24.1 Å². The predicted octanol–water partition coefficient (Wildman–Crippen LogP) is 1.84. The van der Waals surface area contributed by atoms with Gasteiger partial charge in [0.05, 0.1) is 17.8 Å². The van der Waals surface area contributed by atoms with Crippen LogP contribution in [0.3, 0.4) is 0 Å². The van der Waals surface area contributed by atoms with Gasteiger partial charge in [-0.25, -0.2) is 18.1 Å². The van der Waals surface area contributed by atoms with Crippen molar-refractivity contribution < 1.29 is 8.42 Å². The zero-order valence-corrected chi connectivity index (χ0v) is 11.6. The highest BCUT2D eigenvalue weighted by atomic mass is 32.2. The van der Waals surface area contributed by atoms with Gasteiger partial charge in [0, 0.05) is 11.9 Å². The molecular formula is C13H17N3O2S. The van der Waals surface area contributed by atoms with Crippen LogP contribution in [0.4, 0.5) is 0 Å². The molecule has 0 aliphatic rings. The van der Waals surface area contributed by atoms with Gasteiger partial charge in [0.15, 0.2) is 0 Å². The van der Waals surface area contributed by atoms with E-state index in [0.29, 0.717) is 0 Å². The average molecular weight is 279 g/mol. The maximum absolute atomic E-state index is 12.1.